The highest BCUT2D eigenvalue weighted by Gasteiger charge is 2.31. The summed E-state index contributed by atoms with van der Waals surface area (Å²) in [5.74, 6) is 0.00829. The lowest BCUT2D eigenvalue weighted by Crippen LogP contribution is -2.39. The highest BCUT2D eigenvalue weighted by Crippen LogP contribution is 2.30. The molecule has 0 aliphatic carbocycles. The van der Waals surface area contributed by atoms with Gasteiger partial charge in [-0.3, -0.25) is 14.6 Å². The Hall–Kier alpha value is -2.11. The van der Waals surface area contributed by atoms with Crippen molar-refractivity contribution in [3.8, 4) is 0 Å². The van der Waals surface area contributed by atoms with Gasteiger partial charge in [-0.05, 0) is 37.8 Å². The fourth-order valence-electron chi connectivity index (χ4n) is 3.11. The lowest BCUT2D eigenvalue weighted by molar-refractivity contribution is 0.0599. The number of aryl methyl sites for hydroxylation is 2. The molecule has 2 aromatic rings. The predicted octanol–water partition coefficient (Wildman–Crippen LogP) is 2.46. The van der Waals surface area contributed by atoms with Gasteiger partial charge in [0, 0.05) is 25.5 Å². The van der Waals surface area contributed by atoms with Gasteiger partial charge < -0.3 is 4.90 Å². The second kappa shape index (κ2) is 6.34. The Morgan fingerprint density at radius 2 is 2.32 bits per heavy atom. The Morgan fingerprint density at radius 3 is 3.05 bits per heavy atom. The molecule has 3 heterocycles. The lowest BCUT2D eigenvalue weighted by Gasteiger charge is -2.34. The highest BCUT2D eigenvalue weighted by molar-refractivity contribution is 5.92. The number of amides is 1. The van der Waals surface area contributed by atoms with E-state index >= 15 is 0 Å². The quantitative estimate of drug-likeness (QED) is 0.943. The second-order valence-electron chi connectivity index (χ2n) is 5.95. The first-order chi connectivity index (χ1) is 10.7. The molecule has 1 amide bonds. The van der Waals surface area contributed by atoms with E-state index in [-0.39, 0.29) is 11.9 Å². The lowest BCUT2D eigenvalue weighted by atomic mass is 9.99. The van der Waals surface area contributed by atoms with E-state index in [1.54, 1.807) is 4.68 Å². The van der Waals surface area contributed by atoms with E-state index in [4.69, 9.17) is 0 Å². The van der Waals surface area contributed by atoms with Crippen LogP contribution in [0.2, 0.25) is 0 Å². The van der Waals surface area contributed by atoms with Gasteiger partial charge in [0.15, 0.2) is 0 Å². The van der Waals surface area contributed by atoms with Gasteiger partial charge in [0.25, 0.3) is 5.91 Å². The van der Waals surface area contributed by atoms with E-state index in [9.17, 15) is 4.79 Å². The summed E-state index contributed by atoms with van der Waals surface area (Å²) in [6.45, 7) is 2.89. The van der Waals surface area contributed by atoms with E-state index in [2.05, 4.69) is 22.2 Å². The zero-order valence-electron chi connectivity index (χ0n) is 13.2. The van der Waals surface area contributed by atoms with Gasteiger partial charge >= 0.3 is 0 Å². The Kier molecular flexibility index (Phi) is 4.27. The standard InChI is InChI=1S/C16H23N5O/c1-3-6-12-11-14(18-17-12)16(22)21-9-5-4-7-15(21)13-8-10-20(2)19-13/h8,10-11,15H,3-7,9H2,1-2H3,(H,17,18)/t15-/m1/s1. The van der Waals surface area contributed by atoms with Gasteiger partial charge in [-0.1, -0.05) is 13.3 Å². The third-order valence-corrected chi connectivity index (χ3v) is 4.21. The van der Waals surface area contributed by atoms with Crippen LogP contribution in [0.5, 0.6) is 0 Å². The molecule has 6 heteroatoms. The van der Waals surface area contributed by atoms with Crippen LogP contribution in [0.3, 0.4) is 0 Å². The Balaban J connectivity index is 1.81. The van der Waals surface area contributed by atoms with Crippen LogP contribution in [0, 0.1) is 0 Å². The van der Waals surface area contributed by atoms with Gasteiger partial charge in [-0.25, -0.2) is 0 Å². The molecule has 1 saturated heterocycles. The molecular formula is C16H23N5O. The monoisotopic (exact) mass is 301 g/mol. The molecule has 0 aromatic carbocycles. The van der Waals surface area contributed by atoms with Crippen LogP contribution < -0.4 is 0 Å². The number of hydrogen-bond donors (Lipinski definition) is 1. The Bertz CT molecular complexity index is 645. The largest absolute Gasteiger partial charge is 0.329 e. The molecule has 118 valence electrons. The van der Waals surface area contributed by atoms with E-state index in [1.165, 1.54) is 0 Å². The smallest absolute Gasteiger partial charge is 0.274 e. The normalized spacial score (nSPS) is 18.6. The van der Waals surface area contributed by atoms with Crippen LogP contribution in [0.25, 0.3) is 0 Å². The van der Waals surface area contributed by atoms with Gasteiger partial charge in [0.1, 0.15) is 5.69 Å². The maximum absolute atomic E-state index is 12.8. The zero-order chi connectivity index (χ0) is 15.5. The summed E-state index contributed by atoms with van der Waals surface area (Å²) in [5, 5.41) is 11.7. The molecular weight excluding hydrogens is 278 g/mol. The number of carbonyl (C=O) groups is 1. The summed E-state index contributed by atoms with van der Waals surface area (Å²) in [5.41, 5.74) is 2.52. The van der Waals surface area contributed by atoms with Crippen molar-refractivity contribution in [2.45, 2.75) is 45.1 Å². The van der Waals surface area contributed by atoms with Crippen LogP contribution in [-0.4, -0.2) is 37.3 Å². The van der Waals surface area contributed by atoms with Crippen LogP contribution >= 0.6 is 0 Å². The molecule has 1 atom stereocenters. The first-order valence-electron chi connectivity index (χ1n) is 8.04. The maximum Gasteiger partial charge on any atom is 0.274 e. The van der Waals surface area contributed by atoms with Crippen LogP contribution in [0.1, 0.15) is 60.5 Å². The molecule has 0 bridgehead atoms. The van der Waals surface area contributed by atoms with Gasteiger partial charge in [-0.15, -0.1) is 0 Å². The number of nitrogens with one attached hydrogen (secondary N) is 1. The average molecular weight is 301 g/mol. The molecule has 0 spiro atoms. The third kappa shape index (κ3) is 2.91. The maximum atomic E-state index is 12.8. The Labute approximate surface area is 130 Å². The highest BCUT2D eigenvalue weighted by atomic mass is 16.2. The third-order valence-electron chi connectivity index (χ3n) is 4.21. The molecule has 0 unspecified atom stereocenters. The van der Waals surface area contributed by atoms with Crippen LogP contribution in [0.15, 0.2) is 18.3 Å². The number of likely N-dealkylation sites (tertiary alicyclic amines) is 1. The second-order valence-corrected chi connectivity index (χ2v) is 5.95. The van der Waals surface area contributed by atoms with Crippen molar-refractivity contribution in [2.24, 2.45) is 7.05 Å². The summed E-state index contributed by atoms with van der Waals surface area (Å²) in [6.07, 6.45) is 7.03. The minimum atomic E-state index is 0.00829. The number of nitrogens with zero attached hydrogens (tertiary/aromatic N) is 4. The average Bonchev–Trinajstić information content (AvgIpc) is 3.16. The molecule has 6 nitrogen and oxygen atoms in total. The molecule has 0 radical (unpaired) electrons. The summed E-state index contributed by atoms with van der Waals surface area (Å²) in [7, 11) is 1.91. The molecule has 1 aliphatic heterocycles. The number of aromatic amines is 1. The minimum Gasteiger partial charge on any atom is -0.329 e. The predicted molar refractivity (Wildman–Crippen MR) is 83.4 cm³/mol. The molecule has 1 fully saturated rings. The first-order valence-corrected chi connectivity index (χ1v) is 8.04. The SMILES string of the molecule is CCCc1cc(C(=O)N2CCCC[C@@H]2c2ccn(C)n2)n[nH]1. The summed E-state index contributed by atoms with van der Waals surface area (Å²) in [6, 6.07) is 3.95. The van der Waals surface area contributed by atoms with Gasteiger partial charge in [0.2, 0.25) is 0 Å². The van der Waals surface area contributed by atoms with Crippen LogP contribution in [0.4, 0.5) is 0 Å². The van der Waals surface area contributed by atoms with E-state index < -0.39 is 0 Å². The molecule has 1 N–H and O–H groups in total. The topological polar surface area (TPSA) is 66.8 Å². The van der Waals surface area contributed by atoms with Crippen molar-refractivity contribution in [1.29, 1.82) is 0 Å². The molecule has 2 aromatic heterocycles. The van der Waals surface area contributed by atoms with Crippen molar-refractivity contribution in [3.63, 3.8) is 0 Å². The number of carbonyl (C=O) groups excluding carboxylic acids is 1. The zero-order valence-corrected chi connectivity index (χ0v) is 13.2. The minimum absolute atomic E-state index is 0.00829. The van der Waals surface area contributed by atoms with Crippen molar-refractivity contribution in [2.75, 3.05) is 6.54 Å². The van der Waals surface area contributed by atoms with Gasteiger partial charge in [0.05, 0.1) is 11.7 Å². The van der Waals surface area contributed by atoms with Crippen molar-refractivity contribution in [1.82, 2.24) is 24.9 Å². The molecule has 22 heavy (non-hydrogen) atoms. The van der Waals surface area contributed by atoms with Crippen molar-refractivity contribution in [3.05, 3.63) is 35.4 Å². The van der Waals surface area contributed by atoms with E-state index in [1.807, 2.05) is 30.3 Å². The van der Waals surface area contributed by atoms with E-state index in [0.717, 1.165) is 50.0 Å². The number of piperidine rings is 1. The number of H-pyrrole nitrogens is 1. The summed E-state index contributed by atoms with van der Waals surface area (Å²) >= 11 is 0. The molecule has 1 aliphatic rings. The van der Waals surface area contributed by atoms with Crippen molar-refractivity contribution >= 4 is 5.91 Å². The van der Waals surface area contributed by atoms with E-state index in [0.29, 0.717) is 5.69 Å². The first kappa shape index (κ1) is 14.8. The fraction of sp³-hybridized carbons (Fsp3) is 0.562. The number of rotatable bonds is 4. The van der Waals surface area contributed by atoms with Crippen LogP contribution in [-0.2, 0) is 13.5 Å². The van der Waals surface area contributed by atoms with Gasteiger partial charge in [-0.2, -0.15) is 10.2 Å². The Morgan fingerprint density at radius 1 is 1.45 bits per heavy atom. The summed E-state index contributed by atoms with van der Waals surface area (Å²) < 4.78 is 1.79. The number of hydrogen-bond acceptors (Lipinski definition) is 3. The molecule has 3 rings (SSSR count). The summed E-state index contributed by atoms with van der Waals surface area (Å²) in [4.78, 5) is 14.7. The number of aromatic nitrogens is 4. The van der Waals surface area contributed by atoms with Crippen molar-refractivity contribution < 1.29 is 4.79 Å². The molecule has 0 saturated carbocycles. The fourth-order valence-corrected chi connectivity index (χ4v) is 3.11.